The first kappa shape index (κ1) is 18.4. The first-order chi connectivity index (χ1) is 13.4. The molecule has 0 bridgehead atoms. The van der Waals surface area contributed by atoms with Gasteiger partial charge in [0.1, 0.15) is 4.83 Å². The summed E-state index contributed by atoms with van der Waals surface area (Å²) in [6.45, 7) is 8.08. The topological polar surface area (TPSA) is 56.9 Å². The van der Waals surface area contributed by atoms with Gasteiger partial charge >= 0.3 is 0 Å². The predicted molar refractivity (Wildman–Crippen MR) is 113 cm³/mol. The van der Waals surface area contributed by atoms with E-state index in [9.17, 15) is 9.59 Å². The number of hydrogen-bond acceptors (Lipinski definition) is 4. The minimum atomic E-state index is -0.178. The molecular formula is C22H21N3O2S. The van der Waals surface area contributed by atoms with Gasteiger partial charge in [0.15, 0.2) is 5.78 Å². The lowest BCUT2D eigenvalue weighted by atomic mass is 10.1. The van der Waals surface area contributed by atoms with Crippen molar-refractivity contribution in [3.8, 4) is 5.69 Å². The second-order valence-electron chi connectivity index (χ2n) is 7.13. The molecule has 5 nitrogen and oxygen atoms in total. The van der Waals surface area contributed by atoms with Crippen LogP contribution in [0, 0.1) is 27.7 Å². The fourth-order valence-electron chi connectivity index (χ4n) is 3.55. The Morgan fingerprint density at radius 2 is 1.86 bits per heavy atom. The Hall–Kier alpha value is -2.99. The van der Waals surface area contributed by atoms with Gasteiger partial charge in [-0.3, -0.25) is 14.2 Å². The molecule has 0 N–H and O–H groups in total. The van der Waals surface area contributed by atoms with E-state index in [0.717, 1.165) is 17.1 Å². The standard InChI is InChI=1S/C22H21N3O2S/c1-13-5-6-17(9-14(13)2)25-15(3)10-19(16(25)4)20(26)11-24-12-23-21-18(22(24)27)7-8-28-21/h5-10,12H,11H2,1-4H3. The zero-order valence-electron chi connectivity index (χ0n) is 16.3. The van der Waals surface area contributed by atoms with Crippen LogP contribution >= 0.6 is 11.3 Å². The van der Waals surface area contributed by atoms with E-state index in [1.165, 1.54) is 33.4 Å². The van der Waals surface area contributed by atoms with E-state index < -0.39 is 0 Å². The Morgan fingerprint density at radius 3 is 2.61 bits per heavy atom. The highest BCUT2D eigenvalue weighted by Crippen LogP contribution is 2.23. The molecule has 0 unspecified atom stereocenters. The lowest BCUT2D eigenvalue weighted by Crippen LogP contribution is -2.24. The first-order valence-electron chi connectivity index (χ1n) is 9.09. The van der Waals surface area contributed by atoms with Crippen molar-refractivity contribution < 1.29 is 4.79 Å². The summed E-state index contributed by atoms with van der Waals surface area (Å²) in [7, 11) is 0. The Balaban J connectivity index is 1.71. The SMILES string of the molecule is Cc1ccc(-n2c(C)cc(C(=O)Cn3cnc4sccc4c3=O)c2C)cc1C. The quantitative estimate of drug-likeness (QED) is 0.486. The Kier molecular flexibility index (Phi) is 4.51. The third-order valence-corrected chi connectivity index (χ3v) is 6.07. The molecule has 6 heteroatoms. The number of hydrogen-bond donors (Lipinski definition) is 0. The van der Waals surface area contributed by atoms with Gasteiger partial charge < -0.3 is 4.57 Å². The molecular weight excluding hydrogens is 370 g/mol. The van der Waals surface area contributed by atoms with Crippen LogP contribution in [0.1, 0.15) is 32.9 Å². The van der Waals surface area contributed by atoms with Gasteiger partial charge in [-0.2, -0.15) is 0 Å². The third-order valence-electron chi connectivity index (χ3n) is 5.24. The largest absolute Gasteiger partial charge is 0.318 e. The summed E-state index contributed by atoms with van der Waals surface area (Å²) in [5, 5.41) is 2.39. The van der Waals surface area contributed by atoms with Crippen molar-refractivity contribution in [1.29, 1.82) is 0 Å². The minimum Gasteiger partial charge on any atom is -0.318 e. The number of Topliss-reactive ketones (excluding diaryl/α,β-unsaturated/α-hetero) is 1. The van der Waals surface area contributed by atoms with Gasteiger partial charge in [-0.05, 0) is 68.5 Å². The van der Waals surface area contributed by atoms with Crippen molar-refractivity contribution in [3.05, 3.63) is 80.5 Å². The maximum atomic E-state index is 13.0. The van der Waals surface area contributed by atoms with Crippen LogP contribution in [0.5, 0.6) is 0 Å². The monoisotopic (exact) mass is 391 g/mol. The van der Waals surface area contributed by atoms with E-state index >= 15 is 0 Å². The van der Waals surface area contributed by atoms with Gasteiger partial charge in [-0.25, -0.2) is 4.98 Å². The molecule has 0 saturated carbocycles. The van der Waals surface area contributed by atoms with Crippen molar-refractivity contribution in [2.24, 2.45) is 0 Å². The van der Waals surface area contributed by atoms with Crippen molar-refractivity contribution in [1.82, 2.24) is 14.1 Å². The van der Waals surface area contributed by atoms with Gasteiger partial charge in [0.2, 0.25) is 0 Å². The molecule has 0 atom stereocenters. The van der Waals surface area contributed by atoms with Crippen molar-refractivity contribution in [2.45, 2.75) is 34.2 Å². The number of carbonyl (C=O) groups excluding carboxylic acids is 1. The molecule has 0 fully saturated rings. The molecule has 0 amide bonds. The summed E-state index contributed by atoms with van der Waals surface area (Å²) in [5.74, 6) is -0.0957. The first-order valence-corrected chi connectivity index (χ1v) is 9.97. The smallest absolute Gasteiger partial charge is 0.262 e. The normalized spacial score (nSPS) is 11.3. The van der Waals surface area contributed by atoms with E-state index in [-0.39, 0.29) is 17.9 Å². The van der Waals surface area contributed by atoms with Gasteiger partial charge in [0.25, 0.3) is 5.56 Å². The Bertz CT molecular complexity index is 1280. The second kappa shape index (κ2) is 6.87. The number of nitrogens with zero attached hydrogens (tertiary/aromatic N) is 3. The highest BCUT2D eigenvalue weighted by Gasteiger charge is 2.18. The van der Waals surface area contributed by atoms with Crippen LogP contribution in [-0.2, 0) is 6.54 Å². The number of carbonyl (C=O) groups is 1. The van der Waals surface area contributed by atoms with E-state index in [0.29, 0.717) is 15.8 Å². The zero-order valence-corrected chi connectivity index (χ0v) is 17.1. The Labute approximate surface area is 166 Å². The van der Waals surface area contributed by atoms with Crippen LogP contribution in [0.2, 0.25) is 0 Å². The number of aryl methyl sites for hydroxylation is 3. The highest BCUT2D eigenvalue weighted by atomic mass is 32.1. The fourth-order valence-corrected chi connectivity index (χ4v) is 4.28. The van der Waals surface area contributed by atoms with Crippen LogP contribution < -0.4 is 5.56 Å². The van der Waals surface area contributed by atoms with E-state index in [1.807, 2.05) is 25.3 Å². The molecule has 4 rings (SSSR count). The molecule has 4 aromatic rings. The van der Waals surface area contributed by atoms with E-state index in [2.05, 4.69) is 41.6 Å². The Morgan fingerprint density at radius 1 is 1.07 bits per heavy atom. The van der Waals surface area contributed by atoms with Crippen LogP contribution in [0.3, 0.4) is 0 Å². The van der Waals surface area contributed by atoms with Crippen molar-refractivity contribution in [2.75, 3.05) is 0 Å². The molecule has 0 saturated heterocycles. The van der Waals surface area contributed by atoms with Gasteiger partial charge in [0, 0.05) is 22.6 Å². The highest BCUT2D eigenvalue weighted by molar-refractivity contribution is 7.16. The summed E-state index contributed by atoms with van der Waals surface area (Å²) >= 11 is 1.42. The second-order valence-corrected chi connectivity index (χ2v) is 8.02. The lowest BCUT2D eigenvalue weighted by Gasteiger charge is -2.12. The van der Waals surface area contributed by atoms with Gasteiger partial charge in [-0.1, -0.05) is 6.07 Å². The fraction of sp³-hybridized carbons (Fsp3) is 0.227. The third kappa shape index (κ3) is 2.99. The number of rotatable bonds is 4. The molecule has 28 heavy (non-hydrogen) atoms. The minimum absolute atomic E-state index is 0.0190. The summed E-state index contributed by atoms with van der Waals surface area (Å²) in [5.41, 5.74) is 5.80. The molecule has 3 aromatic heterocycles. The van der Waals surface area contributed by atoms with Crippen molar-refractivity contribution >= 4 is 27.3 Å². The number of ketones is 1. The predicted octanol–water partition coefficient (Wildman–Crippen LogP) is 4.37. The average Bonchev–Trinajstić information content (AvgIpc) is 3.25. The number of fused-ring (bicyclic) bond motifs is 1. The van der Waals surface area contributed by atoms with Crippen LogP contribution in [0.25, 0.3) is 15.9 Å². The molecule has 0 spiro atoms. The molecule has 142 valence electrons. The molecule has 0 radical (unpaired) electrons. The number of thiophene rings is 1. The van der Waals surface area contributed by atoms with Crippen molar-refractivity contribution in [3.63, 3.8) is 0 Å². The molecule has 1 aromatic carbocycles. The molecule has 0 aliphatic carbocycles. The van der Waals surface area contributed by atoms with Crippen LogP contribution in [-0.4, -0.2) is 19.9 Å². The number of aromatic nitrogens is 3. The van der Waals surface area contributed by atoms with Crippen LogP contribution in [0.15, 0.2) is 46.8 Å². The molecule has 0 aliphatic rings. The van der Waals surface area contributed by atoms with E-state index in [4.69, 9.17) is 0 Å². The average molecular weight is 391 g/mol. The lowest BCUT2D eigenvalue weighted by molar-refractivity contribution is 0.0970. The molecule has 0 aliphatic heterocycles. The van der Waals surface area contributed by atoms with Gasteiger partial charge in [0.05, 0.1) is 18.3 Å². The maximum absolute atomic E-state index is 13.0. The maximum Gasteiger partial charge on any atom is 0.262 e. The summed E-state index contributed by atoms with van der Waals surface area (Å²) in [4.78, 5) is 30.5. The summed E-state index contributed by atoms with van der Waals surface area (Å²) in [6, 6.07) is 9.93. The summed E-state index contributed by atoms with van der Waals surface area (Å²) in [6.07, 6.45) is 1.46. The molecule has 3 heterocycles. The zero-order chi connectivity index (χ0) is 20.0. The van der Waals surface area contributed by atoms with E-state index in [1.54, 1.807) is 6.07 Å². The van der Waals surface area contributed by atoms with Gasteiger partial charge in [-0.15, -0.1) is 11.3 Å². The number of benzene rings is 1. The van der Waals surface area contributed by atoms with Crippen LogP contribution in [0.4, 0.5) is 0 Å². The summed E-state index contributed by atoms with van der Waals surface area (Å²) < 4.78 is 3.47.